The normalized spacial score (nSPS) is 27.0. The van der Waals surface area contributed by atoms with Gasteiger partial charge in [0.1, 0.15) is 0 Å². The number of β-amino-alcohol motifs (C(OH)–C–C–N with tert-alkyl or cyclic N) is 1. The summed E-state index contributed by atoms with van der Waals surface area (Å²) in [5, 5.41) is 10.3. The average Bonchev–Trinajstić information content (AvgIpc) is 2.64. The Morgan fingerprint density at radius 3 is 2.52 bits per heavy atom. The van der Waals surface area contributed by atoms with Crippen LogP contribution in [0.5, 0.6) is 0 Å². The number of carbonyl (C=O) groups is 1. The van der Waals surface area contributed by atoms with Gasteiger partial charge in [0.05, 0.1) is 6.10 Å². The molecule has 2 atom stereocenters. The van der Waals surface area contributed by atoms with Crippen molar-refractivity contribution in [1.82, 2.24) is 9.80 Å². The van der Waals surface area contributed by atoms with Gasteiger partial charge in [-0.1, -0.05) is 20.8 Å². The molecule has 0 aromatic rings. The summed E-state index contributed by atoms with van der Waals surface area (Å²) in [6.45, 7) is 11.2. The monoisotopic (exact) mass is 296 g/mol. The highest BCUT2D eigenvalue weighted by Crippen LogP contribution is 2.34. The van der Waals surface area contributed by atoms with Crippen LogP contribution in [0.1, 0.15) is 52.9 Å². The highest BCUT2D eigenvalue weighted by Gasteiger charge is 2.28. The standard InChI is InChI=1S/C17H32N2O2/c1-17(2,3)14-6-4-9-18(11-8-14)12-15(20)13-19-10-5-7-16(19)21/h14-15,20H,4-13H2,1-3H3/t14-,15-/m0/s1. The van der Waals surface area contributed by atoms with Gasteiger partial charge >= 0.3 is 0 Å². The summed E-state index contributed by atoms with van der Waals surface area (Å²) < 4.78 is 0. The summed E-state index contributed by atoms with van der Waals surface area (Å²) in [6.07, 6.45) is 4.93. The lowest BCUT2D eigenvalue weighted by Gasteiger charge is -2.30. The first-order chi connectivity index (χ1) is 9.86. The molecule has 2 heterocycles. The van der Waals surface area contributed by atoms with Crippen molar-refractivity contribution in [3.05, 3.63) is 0 Å². The fraction of sp³-hybridized carbons (Fsp3) is 0.941. The number of aliphatic hydroxyl groups excluding tert-OH is 1. The molecule has 0 aliphatic carbocycles. The molecule has 1 amide bonds. The average molecular weight is 296 g/mol. The molecular formula is C17H32N2O2. The van der Waals surface area contributed by atoms with E-state index in [4.69, 9.17) is 0 Å². The Kier molecular flexibility index (Phi) is 5.67. The summed E-state index contributed by atoms with van der Waals surface area (Å²) in [7, 11) is 0. The molecule has 122 valence electrons. The van der Waals surface area contributed by atoms with Gasteiger partial charge in [0.2, 0.25) is 5.91 Å². The number of likely N-dealkylation sites (tertiary alicyclic amines) is 2. The molecule has 4 nitrogen and oxygen atoms in total. The van der Waals surface area contributed by atoms with Crippen molar-refractivity contribution in [2.75, 3.05) is 32.7 Å². The van der Waals surface area contributed by atoms with E-state index in [1.54, 1.807) is 0 Å². The third-order valence-electron chi connectivity index (χ3n) is 5.12. The molecule has 2 saturated heterocycles. The fourth-order valence-corrected chi connectivity index (χ4v) is 3.71. The molecule has 0 aromatic carbocycles. The van der Waals surface area contributed by atoms with E-state index in [2.05, 4.69) is 25.7 Å². The van der Waals surface area contributed by atoms with E-state index in [1.165, 1.54) is 19.3 Å². The van der Waals surface area contributed by atoms with E-state index in [1.807, 2.05) is 4.90 Å². The molecule has 0 aromatic heterocycles. The first-order valence-corrected chi connectivity index (χ1v) is 8.54. The van der Waals surface area contributed by atoms with E-state index >= 15 is 0 Å². The maximum Gasteiger partial charge on any atom is 0.222 e. The van der Waals surface area contributed by atoms with Crippen molar-refractivity contribution in [3.63, 3.8) is 0 Å². The molecule has 2 aliphatic rings. The Bertz CT molecular complexity index is 351. The highest BCUT2D eigenvalue weighted by atomic mass is 16.3. The molecule has 21 heavy (non-hydrogen) atoms. The van der Waals surface area contributed by atoms with Crippen LogP contribution < -0.4 is 0 Å². The lowest BCUT2D eigenvalue weighted by molar-refractivity contribution is -0.129. The SMILES string of the molecule is CC(C)(C)[C@H]1CCCN(C[C@H](O)CN2CCCC2=O)CC1. The molecule has 2 fully saturated rings. The third-order valence-corrected chi connectivity index (χ3v) is 5.12. The summed E-state index contributed by atoms with van der Waals surface area (Å²) >= 11 is 0. The molecule has 0 spiro atoms. The van der Waals surface area contributed by atoms with Crippen LogP contribution in [0.2, 0.25) is 0 Å². The van der Waals surface area contributed by atoms with Gasteiger partial charge in [0, 0.05) is 26.1 Å². The van der Waals surface area contributed by atoms with Gasteiger partial charge in [-0.3, -0.25) is 4.79 Å². The minimum Gasteiger partial charge on any atom is -0.390 e. The van der Waals surface area contributed by atoms with E-state index in [0.29, 0.717) is 24.9 Å². The van der Waals surface area contributed by atoms with Crippen molar-refractivity contribution in [1.29, 1.82) is 0 Å². The number of hydrogen-bond donors (Lipinski definition) is 1. The molecule has 2 aliphatic heterocycles. The predicted molar refractivity (Wildman–Crippen MR) is 85.1 cm³/mol. The Balaban J connectivity index is 1.76. The topological polar surface area (TPSA) is 43.8 Å². The van der Waals surface area contributed by atoms with Crippen molar-refractivity contribution < 1.29 is 9.90 Å². The van der Waals surface area contributed by atoms with Gasteiger partial charge in [-0.25, -0.2) is 0 Å². The summed E-state index contributed by atoms with van der Waals surface area (Å²) in [6, 6.07) is 0. The lowest BCUT2D eigenvalue weighted by atomic mass is 9.77. The third kappa shape index (κ3) is 4.96. The maximum atomic E-state index is 11.6. The molecule has 0 saturated carbocycles. The van der Waals surface area contributed by atoms with E-state index in [0.717, 1.165) is 32.0 Å². The fourth-order valence-electron chi connectivity index (χ4n) is 3.71. The summed E-state index contributed by atoms with van der Waals surface area (Å²) in [5.74, 6) is 0.984. The summed E-state index contributed by atoms with van der Waals surface area (Å²) in [5.41, 5.74) is 0.386. The van der Waals surface area contributed by atoms with Crippen LogP contribution in [-0.2, 0) is 4.79 Å². The van der Waals surface area contributed by atoms with Gasteiger partial charge in [0.15, 0.2) is 0 Å². The van der Waals surface area contributed by atoms with Crippen molar-refractivity contribution in [3.8, 4) is 0 Å². The Labute approximate surface area is 129 Å². The van der Waals surface area contributed by atoms with E-state index in [-0.39, 0.29) is 5.91 Å². The van der Waals surface area contributed by atoms with Crippen LogP contribution in [0.3, 0.4) is 0 Å². The van der Waals surface area contributed by atoms with Gasteiger partial charge in [-0.15, -0.1) is 0 Å². The Morgan fingerprint density at radius 2 is 1.90 bits per heavy atom. The first-order valence-electron chi connectivity index (χ1n) is 8.54. The number of amides is 1. The smallest absolute Gasteiger partial charge is 0.222 e. The zero-order chi connectivity index (χ0) is 15.5. The Hall–Kier alpha value is -0.610. The Morgan fingerprint density at radius 1 is 1.14 bits per heavy atom. The molecule has 0 radical (unpaired) electrons. The van der Waals surface area contributed by atoms with Gasteiger partial charge in [-0.2, -0.15) is 0 Å². The first kappa shape index (κ1) is 16.8. The largest absolute Gasteiger partial charge is 0.390 e. The predicted octanol–water partition coefficient (Wildman–Crippen LogP) is 2.12. The van der Waals surface area contributed by atoms with Gasteiger partial charge < -0.3 is 14.9 Å². The molecule has 2 rings (SSSR count). The zero-order valence-corrected chi connectivity index (χ0v) is 14.0. The number of rotatable bonds is 4. The summed E-state index contributed by atoms with van der Waals surface area (Å²) in [4.78, 5) is 15.8. The van der Waals surface area contributed by atoms with Crippen molar-refractivity contribution in [2.45, 2.75) is 59.0 Å². The number of aliphatic hydroxyl groups is 1. The van der Waals surface area contributed by atoms with Crippen LogP contribution in [-0.4, -0.2) is 59.6 Å². The minimum absolute atomic E-state index is 0.206. The lowest BCUT2D eigenvalue weighted by Crippen LogP contribution is -2.41. The second-order valence-corrected chi connectivity index (χ2v) is 7.89. The highest BCUT2D eigenvalue weighted by molar-refractivity contribution is 5.78. The van der Waals surface area contributed by atoms with E-state index < -0.39 is 6.10 Å². The van der Waals surface area contributed by atoms with Gasteiger partial charge in [-0.05, 0) is 50.1 Å². The van der Waals surface area contributed by atoms with Crippen LogP contribution in [0.15, 0.2) is 0 Å². The quantitative estimate of drug-likeness (QED) is 0.864. The number of hydrogen-bond acceptors (Lipinski definition) is 3. The van der Waals surface area contributed by atoms with Crippen LogP contribution >= 0.6 is 0 Å². The minimum atomic E-state index is -0.404. The molecule has 0 bridgehead atoms. The maximum absolute atomic E-state index is 11.6. The van der Waals surface area contributed by atoms with Crippen molar-refractivity contribution in [2.24, 2.45) is 11.3 Å². The number of carbonyl (C=O) groups excluding carboxylic acids is 1. The van der Waals surface area contributed by atoms with Crippen LogP contribution in [0, 0.1) is 11.3 Å². The van der Waals surface area contributed by atoms with Crippen molar-refractivity contribution >= 4 is 5.91 Å². The molecule has 4 heteroatoms. The van der Waals surface area contributed by atoms with Gasteiger partial charge in [0.25, 0.3) is 0 Å². The second-order valence-electron chi connectivity index (χ2n) is 7.89. The van der Waals surface area contributed by atoms with E-state index in [9.17, 15) is 9.90 Å². The second kappa shape index (κ2) is 7.10. The molecule has 1 N–H and O–H groups in total. The van der Waals surface area contributed by atoms with Crippen LogP contribution in [0.4, 0.5) is 0 Å². The zero-order valence-electron chi connectivity index (χ0n) is 14.0. The van der Waals surface area contributed by atoms with Crippen LogP contribution in [0.25, 0.3) is 0 Å². The molecule has 0 unspecified atom stereocenters. The molecular weight excluding hydrogens is 264 g/mol. The number of nitrogens with zero attached hydrogens (tertiary/aromatic N) is 2.